The van der Waals surface area contributed by atoms with Gasteiger partial charge in [-0.2, -0.15) is 0 Å². The van der Waals surface area contributed by atoms with Crippen LogP contribution in [0.5, 0.6) is 0 Å². The molecular weight excluding hydrogens is 271 g/mol. The Bertz CT molecular complexity index is 822. The Hall–Kier alpha value is -2.69. The molecule has 0 atom stereocenters. The van der Waals surface area contributed by atoms with Crippen LogP contribution in [0.3, 0.4) is 0 Å². The summed E-state index contributed by atoms with van der Waals surface area (Å²) in [4.78, 5) is 10.5. The third-order valence-electron chi connectivity index (χ3n) is 3.55. The molecule has 0 fully saturated rings. The minimum Gasteiger partial charge on any atom is -0.341 e. The van der Waals surface area contributed by atoms with Gasteiger partial charge in [-0.1, -0.05) is 0 Å². The van der Waals surface area contributed by atoms with Crippen molar-refractivity contribution in [3.05, 3.63) is 64.5 Å². The molecule has 0 saturated heterocycles. The lowest BCUT2D eigenvalue weighted by atomic mass is 10.1. The molecule has 1 heterocycles. The van der Waals surface area contributed by atoms with Crippen LogP contribution < -0.4 is 0 Å². The van der Waals surface area contributed by atoms with Crippen molar-refractivity contribution in [2.45, 2.75) is 13.5 Å². The Kier molecular flexibility index (Phi) is 3.17. The monoisotopic (exact) mass is 284 g/mol. The number of hydrogen-bond acceptors (Lipinski definition) is 2. The Balaban J connectivity index is 2.22. The van der Waals surface area contributed by atoms with E-state index < -0.39 is 4.92 Å². The molecule has 0 unspecified atom stereocenters. The van der Waals surface area contributed by atoms with Crippen LogP contribution in [0, 0.1) is 15.9 Å². The Labute approximate surface area is 120 Å². The second kappa shape index (κ2) is 5.01. The minimum absolute atomic E-state index is 0.0707. The van der Waals surface area contributed by atoms with E-state index in [0.29, 0.717) is 0 Å². The molecule has 0 saturated carbocycles. The number of nitro benzene ring substituents is 1. The predicted octanol–water partition coefficient (Wildman–Crippen LogP) is 4.38. The zero-order valence-electron chi connectivity index (χ0n) is 11.4. The average Bonchev–Trinajstić information content (AvgIpc) is 2.85. The summed E-state index contributed by atoms with van der Waals surface area (Å²) in [6.45, 7) is 2.74. The second-order valence-corrected chi connectivity index (χ2v) is 4.78. The van der Waals surface area contributed by atoms with Crippen molar-refractivity contribution >= 4 is 16.6 Å². The Morgan fingerprint density at radius 2 is 1.86 bits per heavy atom. The number of aryl methyl sites for hydroxylation is 1. The second-order valence-electron chi connectivity index (χ2n) is 4.78. The molecule has 0 spiro atoms. The normalized spacial score (nSPS) is 11.0. The van der Waals surface area contributed by atoms with Crippen LogP contribution in [-0.4, -0.2) is 9.49 Å². The van der Waals surface area contributed by atoms with Crippen LogP contribution in [0.25, 0.3) is 22.2 Å². The van der Waals surface area contributed by atoms with E-state index in [0.717, 1.165) is 28.7 Å². The van der Waals surface area contributed by atoms with Gasteiger partial charge in [0.2, 0.25) is 0 Å². The summed E-state index contributed by atoms with van der Waals surface area (Å²) in [5, 5.41) is 11.7. The quantitative estimate of drug-likeness (QED) is 0.529. The van der Waals surface area contributed by atoms with Gasteiger partial charge in [0, 0.05) is 35.3 Å². The highest BCUT2D eigenvalue weighted by molar-refractivity contribution is 5.88. The van der Waals surface area contributed by atoms with E-state index in [2.05, 4.69) is 4.57 Å². The van der Waals surface area contributed by atoms with E-state index in [9.17, 15) is 14.5 Å². The van der Waals surface area contributed by atoms with Crippen LogP contribution in [-0.2, 0) is 6.54 Å². The van der Waals surface area contributed by atoms with E-state index >= 15 is 0 Å². The van der Waals surface area contributed by atoms with Gasteiger partial charge in [-0.25, -0.2) is 4.39 Å². The summed E-state index contributed by atoms with van der Waals surface area (Å²) in [6, 6.07) is 13.0. The number of nitro groups is 1. The first-order valence-corrected chi connectivity index (χ1v) is 6.64. The van der Waals surface area contributed by atoms with E-state index in [1.807, 2.05) is 13.0 Å². The SMILES string of the molecule is CCn1c(-c2ccc(F)cc2)cc2cc([N+](=O)[O-])ccc21. The van der Waals surface area contributed by atoms with Crippen LogP contribution >= 0.6 is 0 Å². The molecule has 0 amide bonds. The summed E-state index contributed by atoms with van der Waals surface area (Å²) >= 11 is 0. The molecule has 0 aliphatic heterocycles. The minimum atomic E-state index is -0.402. The van der Waals surface area contributed by atoms with E-state index in [1.165, 1.54) is 18.2 Å². The lowest BCUT2D eigenvalue weighted by molar-refractivity contribution is -0.384. The number of halogens is 1. The van der Waals surface area contributed by atoms with Gasteiger partial charge in [0.15, 0.2) is 0 Å². The van der Waals surface area contributed by atoms with E-state index in [-0.39, 0.29) is 11.5 Å². The molecule has 1 aromatic heterocycles. The fraction of sp³-hybridized carbons (Fsp3) is 0.125. The van der Waals surface area contributed by atoms with Gasteiger partial charge in [-0.15, -0.1) is 0 Å². The number of benzene rings is 2. The maximum Gasteiger partial charge on any atom is 0.270 e. The molecule has 3 aromatic rings. The molecule has 0 N–H and O–H groups in total. The maximum absolute atomic E-state index is 13.0. The van der Waals surface area contributed by atoms with Gasteiger partial charge in [0.1, 0.15) is 5.82 Å². The van der Waals surface area contributed by atoms with Crippen molar-refractivity contribution in [1.29, 1.82) is 0 Å². The summed E-state index contributed by atoms with van der Waals surface area (Å²) < 4.78 is 15.1. The number of fused-ring (bicyclic) bond motifs is 1. The first-order valence-electron chi connectivity index (χ1n) is 6.64. The van der Waals surface area contributed by atoms with Gasteiger partial charge in [0.25, 0.3) is 5.69 Å². The van der Waals surface area contributed by atoms with Gasteiger partial charge in [-0.3, -0.25) is 10.1 Å². The first-order chi connectivity index (χ1) is 10.1. The molecule has 106 valence electrons. The van der Waals surface area contributed by atoms with Crippen molar-refractivity contribution in [1.82, 2.24) is 4.57 Å². The third kappa shape index (κ3) is 2.27. The largest absolute Gasteiger partial charge is 0.341 e. The van der Waals surface area contributed by atoms with Crippen molar-refractivity contribution in [2.75, 3.05) is 0 Å². The molecule has 0 bridgehead atoms. The average molecular weight is 284 g/mol. The molecule has 2 aromatic carbocycles. The molecule has 3 rings (SSSR count). The highest BCUT2D eigenvalue weighted by Crippen LogP contribution is 2.30. The smallest absolute Gasteiger partial charge is 0.270 e. The topological polar surface area (TPSA) is 48.1 Å². The Morgan fingerprint density at radius 1 is 1.14 bits per heavy atom. The van der Waals surface area contributed by atoms with Crippen molar-refractivity contribution < 1.29 is 9.31 Å². The van der Waals surface area contributed by atoms with E-state index in [4.69, 9.17) is 0 Å². The van der Waals surface area contributed by atoms with E-state index in [1.54, 1.807) is 24.3 Å². The molecule has 0 aliphatic rings. The number of rotatable bonds is 3. The highest BCUT2D eigenvalue weighted by Gasteiger charge is 2.13. The zero-order chi connectivity index (χ0) is 15.0. The summed E-state index contributed by atoms with van der Waals surface area (Å²) in [6.07, 6.45) is 0. The van der Waals surface area contributed by atoms with Crippen molar-refractivity contribution in [3.63, 3.8) is 0 Å². The summed E-state index contributed by atoms with van der Waals surface area (Å²) in [5.74, 6) is -0.284. The standard InChI is InChI=1S/C16H13FN2O2/c1-2-18-15-8-7-14(19(20)21)9-12(15)10-16(18)11-3-5-13(17)6-4-11/h3-10H,2H2,1H3. The molecule has 4 nitrogen and oxygen atoms in total. The summed E-state index contributed by atoms with van der Waals surface area (Å²) in [7, 11) is 0. The maximum atomic E-state index is 13.0. The number of aromatic nitrogens is 1. The van der Waals surface area contributed by atoms with Crippen LogP contribution in [0.15, 0.2) is 48.5 Å². The highest BCUT2D eigenvalue weighted by atomic mass is 19.1. The summed E-state index contributed by atoms with van der Waals surface area (Å²) in [5.41, 5.74) is 2.81. The van der Waals surface area contributed by atoms with Gasteiger partial charge in [-0.05, 0) is 48.9 Å². The van der Waals surface area contributed by atoms with Gasteiger partial charge in [0.05, 0.1) is 4.92 Å². The van der Waals surface area contributed by atoms with Crippen molar-refractivity contribution in [3.8, 4) is 11.3 Å². The van der Waals surface area contributed by atoms with Gasteiger partial charge < -0.3 is 4.57 Å². The molecule has 5 heteroatoms. The number of nitrogens with zero attached hydrogens (tertiary/aromatic N) is 2. The third-order valence-corrected chi connectivity index (χ3v) is 3.55. The lowest BCUT2D eigenvalue weighted by Gasteiger charge is -2.08. The molecular formula is C16H13FN2O2. The van der Waals surface area contributed by atoms with Crippen molar-refractivity contribution in [2.24, 2.45) is 0 Å². The number of hydrogen-bond donors (Lipinski definition) is 0. The number of non-ortho nitro benzene ring substituents is 1. The fourth-order valence-electron chi connectivity index (χ4n) is 2.57. The molecule has 21 heavy (non-hydrogen) atoms. The van der Waals surface area contributed by atoms with Crippen LogP contribution in [0.1, 0.15) is 6.92 Å². The van der Waals surface area contributed by atoms with Crippen LogP contribution in [0.2, 0.25) is 0 Å². The zero-order valence-corrected chi connectivity index (χ0v) is 11.4. The molecule has 0 aliphatic carbocycles. The molecule has 0 radical (unpaired) electrons. The van der Waals surface area contributed by atoms with Crippen LogP contribution in [0.4, 0.5) is 10.1 Å². The fourth-order valence-corrected chi connectivity index (χ4v) is 2.57. The predicted molar refractivity (Wildman–Crippen MR) is 79.7 cm³/mol. The lowest BCUT2D eigenvalue weighted by Crippen LogP contribution is -1.96. The van der Waals surface area contributed by atoms with Gasteiger partial charge >= 0.3 is 0 Å². The first kappa shape index (κ1) is 13.3. The Morgan fingerprint density at radius 3 is 2.48 bits per heavy atom.